The van der Waals surface area contributed by atoms with Crippen molar-refractivity contribution in [3.8, 4) is 5.75 Å². The van der Waals surface area contributed by atoms with Gasteiger partial charge < -0.3 is 20.3 Å². The molecule has 0 fully saturated rings. The molecule has 1 atom stereocenters. The number of hydrogen-bond donors (Lipinski definition) is 3. The second-order valence-corrected chi connectivity index (χ2v) is 4.26. The number of carboxylic acid groups (broad SMARTS) is 1. The minimum atomic E-state index is -1.13. The topological polar surface area (TPSA) is 78.8 Å². The molecule has 0 heterocycles. The maximum Gasteiger partial charge on any atom is 0.327 e. The summed E-state index contributed by atoms with van der Waals surface area (Å²) < 4.78 is 5.55. The highest BCUT2D eigenvalue weighted by Crippen LogP contribution is 2.19. The molecule has 0 aliphatic heterocycles. The van der Waals surface area contributed by atoms with Crippen LogP contribution < -0.4 is 10.1 Å². The van der Waals surface area contributed by atoms with E-state index < -0.39 is 11.5 Å². The van der Waals surface area contributed by atoms with Crippen LogP contribution in [0.3, 0.4) is 0 Å². The zero-order valence-corrected chi connectivity index (χ0v) is 10.6. The number of rotatable bonds is 7. The molecule has 0 radical (unpaired) electrons. The van der Waals surface area contributed by atoms with Crippen molar-refractivity contribution < 1.29 is 19.7 Å². The second-order valence-electron chi connectivity index (χ2n) is 4.26. The Hall–Kier alpha value is -1.59. The van der Waals surface area contributed by atoms with Gasteiger partial charge in [-0.2, -0.15) is 0 Å². The van der Waals surface area contributed by atoms with Gasteiger partial charge in [0.1, 0.15) is 17.9 Å². The van der Waals surface area contributed by atoms with E-state index in [0.29, 0.717) is 12.2 Å². The monoisotopic (exact) mass is 253 g/mol. The van der Waals surface area contributed by atoms with Gasteiger partial charge in [-0.3, -0.25) is 4.79 Å². The van der Waals surface area contributed by atoms with Gasteiger partial charge in [-0.15, -0.1) is 0 Å². The van der Waals surface area contributed by atoms with E-state index in [1.54, 1.807) is 20.0 Å². The number of likely N-dealkylation sites (N-methyl/N-ethyl adjacent to an activating group) is 1. The van der Waals surface area contributed by atoms with E-state index in [9.17, 15) is 4.79 Å². The molecule has 0 aromatic heterocycles. The van der Waals surface area contributed by atoms with E-state index in [2.05, 4.69) is 5.32 Å². The summed E-state index contributed by atoms with van der Waals surface area (Å²) in [6.45, 7) is 1.61. The highest BCUT2D eigenvalue weighted by atomic mass is 16.5. The van der Waals surface area contributed by atoms with Gasteiger partial charge in [-0.25, -0.2) is 0 Å². The molecule has 1 unspecified atom stereocenters. The Labute approximate surface area is 106 Å². The van der Waals surface area contributed by atoms with Gasteiger partial charge in [-0.05, 0) is 32.0 Å². The molecule has 0 aliphatic rings. The summed E-state index contributed by atoms with van der Waals surface area (Å²) in [6.07, 6.45) is 0.486. The number of aliphatic hydroxyl groups is 1. The Morgan fingerprint density at radius 1 is 1.44 bits per heavy atom. The summed E-state index contributed by atoms with van der Waals surface area (Å²) >= 11 is 0. The van der Waals surface area contributed by atoms with Crippen molar-refractivity contribution in [2.45, 2.75) is 18.9 Å². The molecule has 0 saturated carbocycles. The molecule has 0 aliphatic carbocycles. The molecule has 1 aromatic rings. The van der Waals surface area contributed by atoms with E-state index in [1.807, 2.05) is 18.2 Å². The number of aliphatic carboxylic acids is 1. The number of nitrogens with one attached hydrogen (secondary N) is 1. The van der Waals surface area contributed by atoms with Crippen molar-refractivity contribution in [3.63, 3.8) is 0 Å². The van der Waals surface area contributed by atoms with E-state index in [1.165, 1.54) is 0 Å². The Balaban J connectivity index is 2.76. The predicted octanol–water partition coefficient (Wildman–Crippen LogP) is 0.663. The van der Waals surface area contributed by atoms with Crippen LogP contribution in [-0.2, 0) is 11.2 Å². The zero-order valence-electron chi connectivity index (χ0n) is 10.6. The molecular formula is C13H19NO4. The summed E-state index contributed by atoms with van der Waals surface area (Å²) in [5.74, 6) is -0.362. The van der Waals surface area contributed by atoms with Gasteiger partial charge in [-0.1, -0.05) is 18.2 Å². The average molecular weight is 253 g/mol. The zero-order chi connectivity index (χ0) is 13.6. The maximum atomic E-state index is 11.1. The van der Waals surface area contributed by atoms with Crippen LogP contribution in [0.15, 0.2) is 24.3 Å². The molecule has 5 heteroatoms. The van der Waals surface area contributed by atoms with Gasteiger partial charge in [0.15, 0.2) is 0 Å². The van der Waals surface area contributed by atoms with E-state index in [4.69, 9.17) is 14.9 Å². The number of aliphatic hydroxyl groups excluding tert-OH is 1. The standard InChI is InChI=1S/C13H19NO4/c1-13(14-2,12(16)17)9-18-11-6-4-3-5-10(11)7-8-15/h3-6,14-15H,7-9H2,1-2H3,(H,16,17). The molecule has 0 saturated heterocycles. The second kappa shape index (κ2) is 6.37. The predicted molar refractivity (Wildman–Crippen MR) is 67.8 cm³/mol. The minimum absolute atomic E-state index is 0.0152. The van der Waals surface area contributed by atoms with Gasteiger partial charge >= 0.3 is 5.97 Å². The first kappa shape index (κ1) is 14.5. The maximum absolute atomic E-state index is 11.1. The molecule has 0 bridgehead atoms. The van der Waals surface area contributed by atoms with Crippen molar-refractivity contribution >= 4 is 5.97 Å². The van der Waals surface area contributed by atoms with Gasteiger partial charge in [0, 0.05) is 6.61 Å². The third-order valence-corrected chi connectivity index (χ3v) is 2.89. The first-order chi connectivity index (χ1) is 8.53. The van der Waals surface area contributed by atoms with Gasteiger partial charge in [0.05, 0.1) is 0 Å². The summed E-state index contributed by atoms with van der Waals surface area (Å²) in [7, 11) is 1.58. The first-order valence-electron chi connectivity index (χ1n) is 5.77. The molecule has 3 N–H and O–H groups in total. The molecule has 18 heavy (non-hydrogen) atoms. The van der Waals surface area contributed by atoms with Crippen LogP contribution >= 0.6 is 0 Å². The quantitative estimate of drug-likeness (QED) is 0.665. The number of para-hydroxylation sites is 1. The molecule has 1 aromatic carbocycles. The Morgan fingerprint density at radius 2 is 2.11 bits per heavy atom. The minimum Gasteiger partial charge on any atom is -0.491 e. The largest absolute Gasteiger partial charge is 0.491 e. The van der Waals surface area contributed by atoms with Crippen molar-refractivity contribution in [1.29, 1.82) is 0 Å². The summed E-state index contributed by atoms with van der Waals surface area (Å²) in [4.78, 5) is 11.1. The lowest BCUT2D eigenvalue weighted by Gasteiger charge is -2.24. The molecule has 0 amide bonds. The van der Waals surface area contributed by atoms with Crippen LogP contribution in [0.4, 0.5) is 0 Å². The molecule has 1 rings (SSSR count). The number of ether oxygens (including phenoxy) is 1. The molecule has 0 spiro atoms. The van der Waals surface area contributed by atoms with Crippen molar-refractivity contribution in [2.24, 2.45) is 0 Å². The lowest BCUT2D eigenvalue weighted by atomic mass is 10.1. The summed E-state index contributed by atoms with van der Waals surface area (Å²) in [5, 5.41) is 20.8. The molecule has 5 nitrogen and oxygen atoms in total. The van der Waals surface area contributed by atoms with Gasteiger partial charge in [0.25, 0.3) is 0 Å². The van der Waals surface area contributed by atoms with E-state index in [0.717, 1.165) is 5.56 Å². The van der Waals surface area contributed by atoms with Crippen LogP contribution in [0.5, 0.6) is 5.75 Å². The Morgan fingerprint density at radius 3 is 2.67 bits per heavy atom. The normalized spacial score (nSPS) is 13.9. The third kappa shape index (κ3) is 3.45. The highest BCUT2D eigenvalue weighted by molar-refractivity contribution is 5.78. The van der Waals surface area contributed by atoms with Crippen LogP contribution in [0.1, 0.15) is 12.5 Å². The highest BCUT2D eigenvalue weighted by Gasteiger charge is 2.32. The van der Waals surface area contributed by atoms with Crippen LogP contribution in [0, 0.1) is 0 Å². The lowest BCUT2D eigenvalue weighted by Crippen LogP contribution is -2.52. The van der Waals surface area contributed by atoms with E-state index >= 15 is 0 Å². The van der Waals surface area contributed by atoms with E-state index in [-0.39, 0.29) is 13.2 Å². The van der Waals surface area contributed by atoms with Crippen LogP contribution in [0.25, 0.3) is 0 Å². The summed E-state index contributed by atoms with van der Waals surface area (Å²) in [6, 6.07) is 7.28. The van der Waals surface area contributed by atoms with Crippen molar-refractivity contribution in [1.82, 2.24) is 5.32 Å². The smallest absolute Gasteiger partial charge is 0.327 e. The number of benzene rings is 1. The molecular weight excluding hydrogens is 234 g/mol. The van der Waals surface area contributed by atoms with Crippen molar-refractivity contribution in [3.05, 3.63) is 29.8 Å². The Bertz CT molecular complexity index is 408. The number of carboxylic acids is 1. The fourth-order valence-electron chi connectivity index (χ4n) is 1.43. The van der Waals surface area contributed by atoms with Crippen LogP contribution in [0.2, 0.25) is 0 Å². The third-order valence-electron chi connectivity index (χ3n) is 2.89. The van der Waals surface area contributed by atoms with Crippen LogP contribution in [-0.4, -0.2) is 42.0 Å². The van der Waals surface area contributed by atoms with Gasteiger partial charge in [0.2, 0.25) is 0 Å². The fraction of sp³-hybridized carbons (Fsp3) is 0.462. The number of hydrogen-bond acceptors (Lipinski definition) is 4. The van der Waals surface area contributed by atoms with Crippen molar-refractivity contribution in [2.75, 3.05) is 20.3 Å². The first-order valence-corrected chi connectivity index (χ1v) is 5.77. The molecule has 100 valence electrons. The average Bonchev–Trinajstić information content (AvgIpc) is 2.37. The number of carbonyl (C=O) groups is 1. The fourth-order valence-corrected chi connectivity index (χ4v) is 1.43. The Kier molecular flexibility index (Phi) is 5.12. The SMILES string of the molecule is CNC(C)(COc1ccccc1CCO)C(=O)O. The lowest BCUT2D eigenvalue weighted by molar-refractivity contribution is -0.145. The summed E-state index contributed by atoms with van der Waals surface area (Å²) in [5.41, 5.74) is -0.268.